The number of hydrogen-bond acceptors (Lipinski definition) is 7. The van der Waals surface area contributed by atoms with Gasteiger partial charge in [-0.2, -0.15) is 10.1 Å². The minimum Gasteiger partial charge on any atom is -0.459 e. The molecular formula is C23H27N7O. The summed E-state index contributed by atoms with van der Waals surface area (Å²) in [5.41, 5.74) is 4.96. The van der Waals surface area contributed by atoms with Gasteiger partial charge in [0.05, 0.1) is 17.5 Å². The summed E-state index contributed by atoms with van der Waals surface area (Å²) in [6, 6.07) is 8.05. The summed E-state index contributed by atoms with van der Waals surface area (Å²) in [7, 11) is 0. The summed E-state index contributed by atoms with van der Waals surface area (Å²) in [4.78, 5) is 11.9. The second-order valence-electron chi connectivity index (χ2n) is 8.97. The van der Waals surface area contributed by atoms with Crippen molar-refractivity contribution in [1.29, 1.82) is 0 Å². The van der Waals surface area contributed by atoms with Gasteiger partial charge in [0.1, 0.15) is 5.52 Å². The van der Waals surface area contributed by atoms with Gasteiger partial charge in [0.15, 0.2) is 11.4 Å². The maximum absolute atomic E-state index is 5.78. The monoisotopic (exact) mass is 417 g/mol. The van der Waals surface area contributed by atoms with Crippen LogP contribution in [0, 0.1) is 12.3 Å². The lowest BCUT2D eigenvalue weighted by molar-refractivity contribution is 0.161. The van der Waals surface area contributed by atoms with Gasteiger partial charge in [-0.25, -0.2) is 4.98 Å². The van der Waals surface area contributed by atoms with Gasteiger partial charge in [-0.05, 0) is 62.8 Å². The molecule has 6 rings (SSSR count). The third kappa shape index (κ3) is 3.31. The molecule has 0 amide bonds. The van der Waals surface area contributed by atoms with Gasteiger partial charge in [0.2, 0.25) is 5.95 Å². The number of nitrogens with zero attached hydrogens (tertiary/aromatic N) is 4. The maximum atomic E-state index is 5.78. The molecule has 1 spiro atoms. The lowest BCUT2D eigenvalue weighted by Gasteiger charge is -2.44. The van der Waals surface area contributed by atoms with E-state index in [-0.39, 0.29) is 0 Å². The number of aryl methyl sites for hydroxylation is 1. The molecule has 0 bridgehead atoms. The highest BCUT2D eigenvalue weighted by molar-refractivity contribution is 5.87. The molecule has 0 saturated carbocycles. The van der Waals surface area contributed by atoms with E-state index in [4.69, 9.17) is 9.40 Å². The Morgan fingerprint density at radius 1 is 1.13 bits per heavy atom. The van der Waals surface area contributed by atoms with E-state index < -0.39 is 0 Å². The minimum atomic E-state index is 0.447. The van der Waals surface area contributed by atoms with Crippen LogP contribution in [0.25, 0.3) is 22.0 Å². The first-order valence-corrected chi connectivity index (χ1v) is 11.1. The van der Waals surface area contributed by atoms with Gasteiger partial charge in [-0.3, -0.25) is 5.10 Å². The van der Waals surface area contributed by atoms with Crippen LogP contribution in [-0.2, 0) is 0 Å². The molecule has 160 valence electrons. The number of aromatic amines is 1. The topological polar surface area (TPSA) is 94.9 Å². The Labute approximate surface area is 180 Å². The van der Waals surface area contributed by atoms with E-state index in [1.165, 1.54) is 25.7 Å². The predicted octanol–water partition coefficient (Wildman–Crippen LogP) is 4.12. The van der Waals surface area contributed by atoms with Crippen LogP contribution < -0.4 is 15.5 Å². The van der Waals surface area contributed by atoms with Crippen LogP contribution in [0.2, 0.25) is 0 Å². The van der Waals surface area contributed by atoms with E-state index in [0.717, 1.165) is 65.4 Å². The largest absolute Gasteiger partial charge is 0.459 e. The molecule has 0 aliphatic carbocycles. The zero-order valence-corrected chi connectivity index (χ0v) is 17.7. The molecule has 1 aromatic carbocycles. The lowest BCUT2D eigenvalue weighted by atomic mass is 9.73. The van der Waals surface area contributed by atoms with E-state index in [9.17, 15) is 0 Å². The van der Waals surface area contributed by atoms with Gasteiger partial charge in [0, 0.05) is 36.8 Å². The standard InChI is InChI=1S/C23H27N7O/c1-15-17-4-3-16(13-19(17)29-28-15)25-22-26-18-5-12-31-20(18)21(27-22)30-10-7-23(8-11-30)6-2-9-24-14-23/h3-5,12-13,24H,2,6-11,14H2,1H3,(H,28,29)(H,25,26,27). The summed E-state index contributed by atoms with van der Waals surface area (Å²) < 4.78 is 5.78. The first-order chi connectivity index (χ1) is 15.2. The molecule has 2 aliphatic heterocycles. The van der Waals surface area contributed by atoms with Crippen molar-refractivity contribution in [2.45, 2.75) is 32.6 Å². The highest BCUT2D eigenvalue weighted by Gasteiger charge is 2.36. The zero-order valence-electron chi connectivity index (χ0n) is 17.7. The number of H-pyrrole nitrogens is 1. The molecule has 2 fully saturated rings. The number of anilines is 3. The van der Waals surface area contributed by atoms with Crippen molar-refractivity contribution in [3.05, 3.63) is 36.2 Å². The summed E-state index contributed by atoms with van der Waals surface area (Å²) in [6.07, 6.45) is 6.68. The Bertz CT molecular complexity index is 1230. The molecule has 4 aromatic rings. The highest BCUT2D eigenvalue weighted by Crippen LogP contribution is 2.39. The van der Waals surface area contributed by atoms with Gasteiger partial charge in [-0.1, -0.05) is 0 Å². The van der Waals surface area contributed by atoms with Gasteiger partial charge < -0.3 is 20.0 Å². The summed E-state index contributed by atoms with van der Waals surface area (Å²) in [5, 5.41) is 15.4. The fraction of sp³-hybridized carbons (Fsp3) is 0.435. The molecular weight excluding hydrogens is 390 g/mol. The first-order valence-electron chi connectivity index (χ1n) is 11.1. The van der Waals surface area contributed by atoms with Crippen molar-refractivity contribution in [3.63, 3.8) is 0 Å². The SMILES string of the molecule is Cc1n[nH]c2cc(Nc3nc(N4CCC5(CCCNC5)CC4)c4occc4n3)ccc12. The molecule has 0 atom stereocenters. The number of aromatic nitrogens is 4. The molecule has 0 unspecified atom stereocenters. The third-order valence-corrected chi connectivity index (χ3v) is 6.98. The summed E-state index contributed by atoms with van der Waals surface area (Å²) in [5.74, 6) is 1.47. The van der Waals surface area contributed by atoms with Crippen LogP contribution in [0.5, 0.6) is 0 Å². The van der Waals surface area contributed by atoms with Gasteiger partial charge in [0.25, 0.3) is 0 Å². The molecule has 0 radical (unpaired) electrons. The molecule has 2 saturated heterocycles. The maximum Gasteiger partial charge on any atom is 0.229 e. The Morgan fingerprint density at radius 3 is 2.87 bits per heavy atom. The predicted molar refractivity (Wildman–Crippen MR) is 122 cm³/mol. The fourth-order valence-electron chi connectivity index (χ4n) is 5.13. The average molecular weight is 418 g/mol. The van der Waals surface area contributed by atoms with Crippen LogP contribution in [0.1, 0.15) is 31.4 Å². The second kappa shape index (κ2) is 7.23. The zero-order chi connectivity index (χ0) is 20.8. The van der Waals surface area contributed by atoms with Gasteiger partial charge >= 0.3 is 0 Å². The molecule has 2 aliphatic rings. The molecule has 31 heavy (non-hydrogen) atoms. The fourth-order valence-corrected chi connectivity index (χ4v) is 5.13. The smallest absolute Gasteiger partial charge is 0.229 e. The minimum absolute atomic E-state index is 0.447. The average Bonchev–Trinajstić information content (AvgIpc) is 3.41. The van der Waals surface area contributed by atoms with Crippen molar-refractivity contribution in [2.24, 2.45) is 5.41 Å². The molecule has 8 nitrogen and oxygen atoms in total. The number of benzene rings is 1. The van der Waals surface area contributed by atoms with E-state index in [1.54, 1.807) is 6.26 Å². The van der Waals surface area contributed by atoms with Crippen molar-refractivity contribution < 1.29 is 4.42 Å². The molecule has 5 heterocycles. The number of furan rings is 1. The summed E-state index contributed by atoms with van der Waals surface area (Å²) in [6.45, 7) is 6.29. The van der Waals surface area contributed by atoms with E-state index in [2.05, 4.69) is 36.8 Å². The number of fused-ring (bicyclic) bond motifs is 2. The Balaban J connectivity index is 1.29. The van der Waals surface area contributed by atoms with Crippen molar-refractivity contribution in [3.8, 4) is 0 Å². The molecule has 3 N–H and O–H groups in total. The van der Waals surface area contributed by atoms with E-state index in [0.29, 0.717) is 11.4 Å². The van der Waals surface area contributed by atoms with E-state index >= 15 is 0 Å². The Kier molecular flexibility index (Phi) is 4.34. The van der Waals surface area contributed by atoms with E-state index in [1.807, 2.05) is 25.1 Å². The number of piperidine rings is 2. The van der Waals surface area contributed by atoms with Crippen LogP contribution >= 0.6 is 0 Å². The van der Waals surface area contributed by atoms with Crippen molar-refractivity contribution in [1.82, 2.24) is 25.5 Å². The van der Waals surface area contributed by atoms with Crippen molar-refractivity contribution >= 4 is 39.5 Å². The number of nitrogens with one attached hydrogen (secondary N) is 3. The molecule has 8 heteroatoms. The molecule has 3 aromatic heterocycles. The lowest BCUT2D eigenvalue weighted by Crippen LogP contribution is -2.48. The second-order valence-corrected chi connectivity index (χ2v) is 8.97. The summed E-state index contributed by atoms with van der Waals surface area (Å²) >= 11 is 0. The Morgan fingerprint density at radius 2 is 2.03 bits per heavy atom. The van der Waals surface area contributed by atoms with Crippen LogP contribution in [-0.4, -0.2) is 46.3 Å². The quantitative estimate of drug-likeness (QED) is 0.461. The number of rotatable bonds is 3. The number of hydrogen-bond donors (Lipinski definition) is 3. The van der Waals surface area contributed by atoms with Gasteiger partial charge in [-0.15, -0.1) is 0 Å². The Hall–Kier alpha value is -3.13. The normalized spacial score (nSPS) is 18.8. The van der Waals surface area contributed by atoms with Crippen LogP contribution in [0.3, 0.4) is 0 Å². The highest BCUT2D eigenvalue weighted by atomic mass is 16.3. The van der Waals surface area contributed by atoms with Crippen LogP contribution in [0.15, 0.2) is 34.9 Å². The van der Waals surface area contributed by atoms with Crippen molar-refractivity contribution in [2.75, 3.05) is 36.4 Å². The third-order valence-electron chi connectivity index (χ3n) is 6.98. The van der Waals surface area contributed by atoms with Crippen LogP contribution in [0.4, 0.5) is 17.5 Å². The first kappa shape index (κ1) is 18.6.